The van der Waals surface area contributed by atoms with Gasteiger partial charge in [-0.1, -0.05) is 0 Å². The summed E-state index contributed by atoms with van der Waals surface area (Å²) in [4.78, 5) is 4.01. The molecule has 0 amide bonds. The Morgan fingerprint density at radius 1 is 1.17 bits per heavy atom. The number of nitrogens with one attached hydrogen (secondary N) is 2. The molecule has 0 atom stereocenters. The third-order valence-corrected chi connectivity index (χ3v) is 4.81. The highest BCUT2D eigenvalue weighted by Gasteiger charge is 2.20. The number of rotatable bonds is 6. The van der Waals surface area contributed by atoms with Crippen LogP contribution in [-0.4, -0.2) is 37.8 Å². The standard InChI is InChI=1S/C15H16N4O4S/c1-22-11-6-10(7-12(8-11)23-2)9-17-24(20,21)15-13-4-3-5-16-14(13)18-19-15/h3-8,17H,9H2,1-2H3,(H,16,18,19). The molecule has 8 nitrogen and oxygen atoms in total. The molecule has 3 rings (SSSR count). The number of hydrogen-bond acceptors (Lipinski definition) is 6. The fourth-order valence-electron chi connectivity index (χ4n) is 2.25. The monoisotopic (exact) mass is 348 g/mol. The van der Waals surface area contributed by atoms with Gasteiger partial charge in [0.25, 0.3) is 10.0 Å². The number of hydrogen-bond donors (Lipinski definition) is 2. The van der Waals surface area contributed by atoms with E-state index in [-0.39, 0.29) is 11.6 Å². The van der Waals surface area contributed by atoms with E-state index in [4.69, 9.17) is 9.47 Å². The van der Waals surface area contributed by atoms with E-state index in [0.717, 1.165) is 0 Å². The molecule has 24 heavy (non-hydrogen) atoms. The van der Waals surface area contributed by atoms with E-state index < -0.39 is 10.0 Å². The molecule has 2 N–H and O–H groups in total. The summed E-state index contributed by atoms with van der Waals surface area (Å²) in [6.45, 7) is 0.0800. The van der Waals surface area contributed by atoms with Crippen LogP contribution < -0.4 is 14.2 Å². The van der Waals surface area contributed by atoms with E-state index in [2.05, 4.69) is 19.9 Å². The van der Waals surface area contributed by atoms with Gasteiger partial charge in [0.15, 0.2) is 10.7 Å². The van der Waals surface area contributed by atoms with Gasteiger partial charge in [0, 0.05) is 18.8 Å². The molecule has 0 spiro atoms. The van der Waals surface area contributed by atoms with Crippen molar-refractivity contribution in [1.82, 2.24) is 19.9 Å². The second-order valence-corrected chi connectivity index (χ2v) is 6.68. The van der Waals surface area contributed by atoms with E-state index >= 15 is 0 Å². The number of pyridine rings is 1. The van der Waals surface area contributed by atoms with Crippen molar-refractivity contribution in [2.45, 2.75) is 11.6 Å². The molecule has 0 aliphatic heterocycles. The first-order valence-electron chi connectivity index (χ1n) is 7.04. The number of benzene rings is 1. The van der Waals surface area contributed by atoms with Gasteiger partial charge in [-0.25, -0.2) is 18.1 Å². The second-order valence-electron chi connectivity index (χ2n) is 4.97. The molecule has 1 aromatic carbocycles. The Bertz CT molecular complexity index is 946. The number of sulfonamides is 1. The van der Waals surface area contributed by atoms with Gasteiger partial charge in [-0.2, -0.15) is 5.10 Å². The molecular weight excluding hydrogens is 332 g/mol. The third kappa shape index (κ3) is 3.17. The Morgan fingerprint density at radius 3 is 2.54 bits per heavy atom. The first kappa shape index (κ1) is 16.2. The van der Waals surface area contributed by atoms with E-state index in [0.29, 0.717) is 28.1 Å². The first-order chi connectivity index (χ1) is 11.5. The molecule has 0 unspecified atom stereocenters. The summed E-state index contributed by atoms with van der Waals surface area (Å²) in [6, 6.07) is 8.49. The number of fused-ring (bicyclic) bond motifs is 1. The van der Waals surface area contributed by atoms with Gasteiger partial charge in [-0.15, -0.1) is 0 Å². The summed E-state index contributed by atoms with van der Waals surface area (Å²) < 4.78 is 37.9. The van der Waals surface area contributed by atoms with Crippen LogP contribution in [-0.2, 0) is 16.6 Å². The fraction of sp³-hybridized carbons (Fsp3) is 0.200. The average molecular weight is 348 g/mol. The van der Waals surface area contributed by atoms with Crippen LogP contribution in [0.3, 0.4) is 0 Å². The molecular formula is C15H16N4O4S. The lowest BCUT2D eigenvalue weighted by Crippen LogP contribution is -2.23. The van der Waals surface area contributed by atoms with Crippen LogP contribution in [0.1, 0.15) is 5.56 Å². The van der Waals surface area contributed by atoms with Crippen LogP contribution in [0.25, 0.3) is 11.0 Å². The van der Waals surface area contributed by atoms with Gasteiger partial charge in [-0.3, -0.25) is 5.10 Å². The molecule has 0 saturated heterocycles. The first-order valence-corrected chi connectivity index (χ1v) is 8.52. The molecule has 3 aromatic rings. The van der Waals surface area contributed by atoms with Crippen molar-refractivity contribution in [3.8, 4) is 11.5 Å². The largest absolute Gasteiger partial charge is 0.497 e. The normalized spacial score (nSPS) is 11.6. The Hall–Kier alpha value is -2.65. The lowest BCUT2D eigenvalue weighted by molar-refractivity contribution is 0.393. The summed E-state index contributed by atoms with van der Waals surface area (Å²) in [6.07, 6.45) is 1.55. The molecule has 2 aromatic heterocycles. The van der Waals surface area contributed by atoms with E-state index in [1.165, 1.54) is 14.2 Å². The summed E-state index contributed by atoms with van der Waals surface area (Å²) in [5, 5.41) is 6.85. The minimum Gasteiger partial charge on any atom is -0.497 e. The van der Waals surface area contributed by atoms with Gasteiger partial charge in [0.05, 0.1) is 19.6 Å². The SMILES string of the molecule is COc1cc(CNS(=O)(=O)c2[nH]nc3ncccc23)cc(OC)c1. The minimum atomic E-state index is -3.77. The third-order valence-electron chi connectivity index (χ3n) is 3.44. The Balaban J connectivity index is 1.85. The Labute approximate surface area is 138 Å². The van der Waals surface area contributed by atoms with E-state index in [1.54, 1.807) is 36.5 Å². The maximum Gasteiger partial charge on any atom is 0.258 e. The highest BCUT2D eigenvalue weighted by molar-refractivity contribution is 7.89. The van der Waals surface area contributed by atoms with E-state index in [1.807, 2.05) is 0 Å². The van der Waals surface area contributed by atoms with Crippen molar-refractivity contribution in [3.05, 3.63) is 42.1 Å². The lowest BCUT2D eigenvalue weighted by atomic mass is 10.2. The molecule has 0 bridgehead atoms. The minimum absolute atomic E-state index is 0.0135. The summed E-state index contributed by atoms with van der Waals surface area (Å²) in [5.74, 6) is 1.17. The van der Waals surface area contributed by atoms with Crippen LogP contribution in [0.5, 0.6) is 11.5 Å². The maximum absolute atomic E-state index is 12.5. The van der Waals surface area contributed by atoms with Crippen LogP contribution in [0, 0.1) is 0 Å². The predicted octanol–water partition coefficient (Wildman–Crippen LogP) is 1.45. The molecule has 0 radical (unpaired) electrons. The van der Waals surface area contributed by atoms with Gasteiger partial charge >= 0.3 is 0 Å². The molecule has 0 fully saturated rings. The van der Waals surface area contributed by atoms with Crippen molar-refractivity contribution in [2.24, 2.45) is 0 Å². The van der Waals surface area contributed by atoms with Crippen molar-refractivity contribution < 1.29 is 17.9 Å². The Morgan fingerprint density at radius 2 is 1.88 bits per heavy atom. The van der Waals surface area contributed by atoms with Gasteiger partial charge in [0.1, 0.15) is 11.5 Å². The maximum atomic E-state index is 12.5. The number of aromatic nitrogens is 3. The number of aromatic amines is 1. The van der Waals surface area contributed by atoms with Gasteiger partial charge in [0.2, 0.25) is 0 Å². The highest BCUT2D eigenvalue weighted by atomic mass is 32.2. The van der Waals surface area contributed by atoms with Crippen molar-refractivity contribution in [1.29, 1.82) is 0 Å². The van der Waals surface area contributed by atoms with Crippen LogP contribution in [0.4, 0.5) is 0 Å². The topological polar surface area (TPSA) is 106 Å². The average Bonchev–Trinajstić information content (AvgIpc) is 3.04. The van der Waals surface area contributed by atoms with E-state index in [9.17, 15) is 8.42 Å². The number of H-pyrrole nitrogens is 1. The molecule has 126 valence electrons. The van der Waals surface area contributed by atoms with Crippen LogP contribution in [0.15, 0.2) is 41.6 Å². The van der Waals surface area contributed by atoms with Crippen molar-refractivity contribution in [2.75, 3.05) is 14.2 Å². The van der Waals surface area contributed by atoms with Crippen molar-refractivity contribution >= 4 is 21.1 Å². The summed E-state index contributed by atoms with van der Waals surface area (Å²) in [5.41, 5.74) is 1.05. The quantitative estimate of drug-likeness (QED) is 0.698. The molecule has 2 heterocycles. The molecule has 0 saturated carbocycles. The summed E-state index contributed by atoms with van der Waals surface area (Å²) >= 11 is 0. The highest BCUT2D eigenvalue weighted by Crippen LogP contribution is 2.23. The molecule has 0 aliphatic carbocycles. The number of ether oxygens (including phenoxy) is 2. The molecule has 0 aliphatic rings. The number of nitrogens with zero attached hydrogens (tertiary/aromatic N) is 2. The predicted molar refractivity (Wildman–Crippen MR) is 87.5 cm³/mol. The summed E-state index contributed by atoms with van der Waals surface area (Å²) in [7, 11) is -0.702. The van der Waals surface area contributed by atoms with Crippen molar-refractivity contribution in [3.63, 3.8) is 0 Å². The zero-order valence-corrected chi connectivity index (χ0v) is 13.9. The smallest absolute Gasteiger partial charge is 0.258 e. The molecule has 9 heteroatoms. The van der Waals surface area contributed by atoms with Crippen LogP contribution in [0.2, 0.25) is 0 Å². The van der Waals surface area contributed by atoms with Gasteiger partial charge in [-0.05, 0) is 29.8 Å². The second kappa shape index (κ2) is 6.46. The van der Waals surface area contributed by atoms with Gasteiger partial charge < -0.3 is 9.47 Å². The zero-order valence-electron chi connectivity index (χ0n) is 13.1. The Kier molecular flexibility index (Phi) is 4.36. The van der Waals surface area contributed by atoms with Crippen LogP contribution >= 0.6 is 0 Å². The lowest BCUT2D eigenvalue weighted by Gasteiger charge is -2.09. The number of methoxy groups -OCH3 is 2. The fourth-order valence-corrected chi connectivity index (χ4v) is 3.37. The zero-order chi connectivity index (χ0) is 17.2.